The van der Waals surface area contributed by atoms with Crippen molar-refractivity contribution >= 4 is 33.3 Å². The van der Waals surface area contributed by atoms with E-state index in [-0.39, 0.29) is 16.6 Å². The predicted octanol–water partition coefficient (Wildman–Crippen LogP) is 4.83. The largest absolute Gasteiger partial charge is 0.334 e. The minimum absolute atomic E-state index is 0.0293. The first kappa shape index (κ1) is 17.8. The summed E-state index contributed by atoms with van der Waals surface area (Å²) in [5, 5.41) is 2.88. The van der Waals surface area contributed by atoms with Gasteiger partial charge >= 0.3 is 0 Å². The number of halogens is 1. The Labute approximate surface area is 163 Å². The van der Waals surface area contributed by atoms with Gasteiger partial charge in [-0.15, -0.1) is 11.3 Å². The molecule has 0 fully saturated rings. The maximum Gasteiger partial charge on any atom is 0.282 e. The van der Waals surface area contributed by atoms with Crippen LogP contribution >= 0.6 is 23.1 Å². The van der Waals surface area contributed by atoms with E-state index in [0.29, 0.717) is 15.4 Å². The Bertz CT molecular complexity index is 1150. The molecule has 136 valence electrons. The van der Waals surface area contributed by atoms with Crippen LogP contribution in [0, 0.1) is 5.82 Å². The fraction of sp³-hybridized carbons (Fsp3) is 0.100. The molecule has 0 saturated heterocycles. The highest BCUT2D eigenvalue weighted by molar-refractivity contribution is 7.99. The van der Waals surface area contributed by atoms with Crippen molar-refractivity contribution in [2.24, 2.45) is 0 Å². The lowest BCUT2D eigenvalue weighted by molar-refractivity contribution is 0.627. The van der Waals surface area contributed by atoms with Gasteiger partial charge in [-0.2, -0.15) is 0 Å². The van der Waals surface area contributed by atoms with Gasteiger partial charge in [-0.25, -0.2) is 14.1 Å². The minimum Gasteiger partial charge on any atom is -0.334 e. The maximum atomic E-state index is 13.1. The summed E-state index contributed by atoms with van der Waals surface area (Å²) in [6.45, 7) is 1.97. The van der Waals surface area contributed by atoms with Gasteiger partial charge in [0.1, 0.15) is 10.6 Å². The second-order valence-electron chi connectivity index (χ2n) is 6.08. The van der Waals surface area contributed by atoms with Crippen LogP contribution in [0.3, 0.4) is 0 Å². The number of hydrogen-bond donors (Lipinski definition) is 1. The van der Waals surface area contributed by atoms with Gasteiger partial charge in [-0.1, -0.05) is 54.2 Å². The van der Waals surface area contributed by atoms with Crippen LogP contribution in [0.15, 0.2) is 69.9 Å². The molecule has 2 heterocycles. The Balaban J connectivity index is 1.74. The highest BCUT2D eigenvalue weighted by Crippen LogP contribution is 2.36. The fourth-order valence-electron chi connectivity index (χ4n) is 2.86. The number of fused-ring (bicyclic) bond motifs is 1. The van der Waals surface area contributed by atoms with Crippen LogP contribution in [0.2, 0.25) is 0 Å². The third-order valence-electron chi connectivity index (χ3n) is 4.31. The molecular weight excluding hydrogens is 381 g/mol. The van der Waals surface area contributed by atoms with E-state index in [1.165, 1.54) is 35.2 Å². The maximum absolute atomic E-state index is 13.1. The monoisotopic (exact) mass is 397 g/mol. The second kappa shape index (κ2) is 7.17. The number of nitrogens with zero attached hydrogens (tertiary/aromatic N) is 2. The van der Waals surface area contributed by atoms with Crippen LogP contribution in [0.25, 0.3) is 21.3 Å². The molecule has 0 aliphatic heterocycles. The van der Waals surface area contributed by atoms with Crippen LogP contribution < -0.4 is 11.4 Å². The first-order chi connectivity index (χ1) is 13.0. The Morgan fingerprint density at radius 1 is 1.15 bits per heavy atom. The quantitative estimate of drug-likeness (QED) is 0.304. The molecular formula is C20H16FN3OS2. The number of rotatable bonds is 4. The van der Waals surface area contributed by atoms with Crippen LogP contribution in [0.4, 0.5) is 4.39 Å². The molecule has 0 spiro atoms. The Hall–Kier alpha value is -2.64. The van der Waals surface area contributed by atoms with Crippen molar-refractivity contribution in [1.82, 2.24) is 9.66 Å². The molecule has 0 unspecified atom stereocenters. The highest BCUT2D eigenvalue weighted by Gasteiger charge is 2.18. The van der Waals surface area contributed by atoms with Gasteiger partial charge < -0.3 is 5.84 Å². The van der Waals surface area contributed by atoms with E-state index in [9.17, 15) is 9.18 Å². The summed E-state index contributed by atoms with van der Waals surface area (Å²) < 4.78 is 14.2. The predicted molar refractivity (Wildman–Crippen MR) is 110 cm³/mol. The first-order valence-electron chi connectivity index (χ1n) is 8.31. The summed E-state index contributed by atoms with van der Waals surface area (Å²) in [6.07, 6.45) is 0. The van der Waals surface area contributed by atoms with Crippen molar-refractivity contribution < 1.29 is 4.39 Å². The van der Waals surface area contributed by atoms with Crippen molar-refractivity contribution in [3.8, 4) is 11.1 Å². The van der Waals surface area contributed by atoms with E-state index in [4.69, 9.17) is 5.84 Å². The number of thiophene rings is 1. The second-order valence-corrected chi connectivity index (χ2v) is 8.24. The topological polar surface area (TPSA) is 60.9 Å². The molecule has 0 aliphatic carbocycles. The number of hydrogen-bond acceptors (Lipinski definition) is 5. The van der Waals surface area contributed by atoms with Crippen molar-refractivity contribution in [2.45, 2.75) is 17.3 Å². The Morgan fingerprint density at radius 3 is 2.56 bits per heavy atom. The van der Waals surface area contributed by atoms with E-state index in [0.717, 1.165) is 21.4 Å². The van der Waals surface area contributed by atoms with Crippen LogP contribution in [0.1, 0.15) is 17.7 Å². The minimum atomic E-state index is -0.279. The Kier molecular flexibility index (Phi) is 4.72. The number of nitrogen functional groups attached to an aromatic ring is 1. The van der Waals surface area contributed by atoms with E-state index in [2.05, 4.69) is 4.98 Å². The van der Waals surface area contributed by atoms with Crippen molar-refractivity contribution in [2.75, 3.05) is 5.84 Å². The number of thioether (sulfide) groups is 1. The molecule has 2 N–H and O–H groups in total. The van der Waals surface area contributed by atoms with E-state index in [1.807, 2.05) is 42.6 Å². The van der Waals surface area contributed by atoms with Gasteiger partial charge in [0.2, 0.25) is 0 Å². The summed E-state index contributed by atoms with van der Waals surface area (Å²) in [5.41, 5.74) is 2.47. The first-order valence-corrected chi connectivity index (χ1v) is 10.1. The average Bonchev–Trinajstić information content (AvgIpc) is 3.11. The van der Waals surface area contributed by atoms with Crippen LogP contribution in [-0.2, 0) is 0 Å². The van der Waals surface area contributed by atoms with Gasteiger partial charge in [-0.3, -0.25) is 4.79 Å². The molecule has 0 bridgehead atoms. The highest BCUT2D eigenvalue weighted by atomic mass is 32.2. The SMILES string of the molecule is C[C@H](Sc1nc2scc(-c3ccccc3)c2c(=O)n1N)c1ccc(F)cc1. The Morgan fingerprint density at radius 2 is 1.85 bits per heavy atom. The van der Waals surface area contributed by atoms with Crippen molar-refractivity contribution in [3.63, 3.8) is 0 Å². The smallest absolute Gasteiger partial charge is 0.282 e. The van der Waals surface area contributed by atoms with E-state index in [1.54, 1.807) is 12.1 Å². The van der Waals surface area contributed by atoms with Gasteiger partial charge in [0.05, 0.1) is 5.39 Å². The number of aromatic nitrogens is 2. The molecule has 0 saturated carbocycles. The lowest BCUT2D eigenvalue weighted by atomic mass is 10.1. The molecule has 4 nitrogen and oxygen atoms in total. The molecule has 0 amide bonds. The average molecular weight is 398 g/mol. The lowest BCUT2D eigenvalue weighted by Crippen LogP contribution is -2.29. The zero-order chi connectivity index (χ0) is 19.0. The molecule has 27 heavy (non-hydrogen) atoms. The molecule has 1 atom stereocenters. The molecule has 4 aromatic rings. The van der Waals surface area contributed by atoms with Crippen molar-refractivity contribution in [3.05, 3.63) is 81.7 Å². The molecule has 0 radical (unpaired) electrons. The zero-order valence-corrected chi connectivity index (χ0v) is 16.1. The van der Waals surface area contributed by atoms with Crippen molar-refractivity contribution in [1.29, 1.82) is 0 Å². The third kappa shape index (κ3) is 3.36. The summed E-state index contributed by atoms with van der Waals surface area (Å²) in [4.78, 5) is 18.2. The molecule has 0 aliphatic rings. The van der Waals surface area contributed by atoms with Gasteiger partial charge in [0.15, 0.2) is 5.16 Å². The molecule has 2 aromatic heterocycles. The summed E-state index contributed by atoms with van der Waals surface area (Å²) >= 11 is 2.80. The van der Waals surface area contributed by atoms with Gasteiger partial charge in [-0.05, 0) is 30.2 Å². The van der Waals surface area contributed by atoms with Gasteiger partial charge in [0.25, 0.3) is 5.56 Å². The summed E-state index contributed by atoms with van der Waals surface area (Å²) in [6, 6.07) is 16.0. The van der Waals surface area contributed by atoms with Crippen LogP contribution in [-0.4, -0.2) is 9.66 Å². The summed E-state index contributed by atoms with van der Waals surface area (Å²) in [5.74, 6) is 5.79. The molecule has 4 rings (SSSR count). The normalized spacial score (nSPS) is 12.4. The van der Waals surface area contributed by atoms with Gasteiger partial charge in [0, 0.05) is 16.2 Å². The molecule has 2 aromatic carbocycles. The zero-order valence-electron chi connectivity index (χ0n) is 14.4. The van der Waals surface area contributed by atoms with E-state index >= 15 is 0 Å². The summed E-state index contributed by atoms with van der Waals surface area (Å²) in [7, 11) is 0. The third-order valence-corrected chi connectivity index (χ3v) is 6.31. The fourth-order valence-corrected chi connectivity index (χ4v) is 4.80. The lowest BCUT2D eigenvalue weighted by Gasteiger charge is -2.13. The van der Waals surface area contributed by atoms with E-state index < -0.39 is 0 Å². The van der Waals surface area contributed by atoms with Crippen LogP contribution in [0.5, 0.6) is 0 Å². The molecule has 7 heteroatoms. The number of nitrogens with two attached hydrogens (primary N) is 1. The number of benzene rings is 2. The standard InChI is InChI=1S/C20H16FN3OS2/c1-12(13-7-9-15(21)10-8-13)27-20-23-18-17(19(25)24(20)22)16(11-26-18)14-5-3-2-4-6-14/h2-12H,22H2,1H3/t12-/m0/s1.